The van der Waals surface area contributed by atoms with Crippen molar-refractivity contribution in [3.05, 3.63) is 23.5 Å². The Hall–Kier alpha value is -1.87. The normalized spacial score (nSPS) is 25.5. The zero-order valence-corrected chi connectivity index (χ0v) is 17.3. The number of aromatic hydroxyl groups is 1. The summed E-state index contributed by atoms with van der Waals surface area (Å²) in [6.45, 7) is 2.69. The molecule has 0 spiro atoms. The lowest BCUT2D eigenvalue weighted by atomic mass is 9.90. The van der Waals surface area contributed by atoms with Crippen molar-refractivity contribution in [2.24, 2.45) is 11.8 Å². The van der Waals surface area contributed by atoms with Gasteiger partial charge in [-0.2, -0.15) is 8.42 Å². The molecule has 2 saturated heterocycles. The summed E-state index contributed by atoms with van der Waals surface area (Å²) in [7, 11) is -4.17. The van der Waals surface area contributed by atoms with Crippen LogP contribution in [0.2, 0.25) is 0 Å². The number of carbonyl (C=O) groups is 1. The van der Waals surface area contributed by atoms with Crippen LogP contribution in [0.15, 0.2) is 12.1 Å². The van der Waals surface area contributed by atoms with Crippen LogP contribution in [0.1, 0.15) is 44.1 Å². The van der Waals surface area contributed by atoms with E-state index < -0.39 is 39.9 Å². The van der Waals surface area contributed by atoms with E-state index in [1.807, 2.05) is 0 Å². The van der Waals surface area contributed by atoms with Gasteiger partial charge in [-0.1, -0.05) is 12.8 Å². The van der Waals surface area contributed by atoms with Gasteiger partial charge in [-0.05, 0) is 68.2 Å². The molecule has 0 aromatic heterocycles. The topological polar surface area (TPSA) is 90.0 Å². The van der Waals surface area contributed by atoms with Gasteiger partial charge in [0.05, 0.1) is 0 Å². The van der Waals surface area contributed by atoms with Crippen LogP contribution in [-0.4, -0.2) is 50.5 Å². The molecular formula is C20H28FN3O4S. The second kappa shape index (κ2) is 8.10. The summed E-state index contributed by atoms with van der Waals surface area (Å²) in [4.78, 5) is 13.9. The largest absolute Gasteiger partial charge is 0.506 e. The number of rotatable bonds is 5. The summed E-state index contributed by atoms with van der Waals surface area (Å²) < 4.78 is 41.0. The van der Waals surface area contributed by atoms with Crippen molar-refractivity contribution < 1.29 is 22.7 Å². The van der Waals surface area contributed by atoms with Crippen LogP contribution in [0.3, 0.4) is 0 Å². The molecule has 2 heterocycles. The molecule has 1 aromatic rings. The maximum atomic E-state index is 14.7. The third kappa shape index (κ3) is 4.50. The molecule has 0 bridgehead atoms. The highest BCUT2D eigenvalue weighted by molar-refractivity contribution is 7.92. The van der Waals surface area contributed by atoms with Crippen molar-refractivity contribution in [1.29, 1.82) is 0 Å². The summed E-state index contributed by atoms with van der Waals surface area (Å²) in [5, 5.41) is 10.3. The lowest BCUT2D eigenvalue weighted by Gasteiger charge is -2.34. The quantitative estimate of drug-likeness (QED) is 0.755. The highest BCUT2D eigenvalue weighted by atomic mass is 32.2. The molecule has 3 aliphatic rings. The number of phenolic OH excluding ortho intramolecular Hbond substituents is 1. The molecule has 9 heteroatoms. The fourth-order valence-corrected chi connectivity index (χ4v) is 6.20. The van der Waals surface area contributed by atoms with Crippen LogP contribution in [0.4, 0.5) is 10.1 Å². The van der Waals surface area contributed by atoms with E-state index in [0.717, 1.165) is 38.4 Å². The van der Waals surface area contributed by atoms with E-state index >= 15 is 0 Å². The number of nitrogens with one attached hydrogen (secondary N) is 1. The standard InChI is InChI=1S/C20H28FN3O4S/c21-17-9-16(10-18(25)20(17)24-13-19(26)22-29(24,27)28)8-15-6-3-7-23(12-15)11-14-4-1-2-5-14/h9-10,14-15,25H,1-8,11-13H2,(H,22,26). The minimum absolute atomic E-state index is 0.383. The number of amides is 1. The molecule has 2 N–H and O–H groups in total. The lowest BCUT2D eigenvalue weighted by Crippen LogP contribution is -2.38. The van der Waals surface area contributed by atoms with Gasteiger partial charge < -0.3 is 10.0 Å². The number of phenols is 1. The van der Waals surface area contributed by atoms with Gasteiger partial charge in [0.25, 0.3) is 5.91 Å². The Balaban J connectivity index is 1.45. The lowest BCUT2D eigenvalue weighted by molar-refractivity contribution is -0.117. The second-order valence-electron chi connectivity index (χ2n) is 8.60. The van der Waals surface area contributed by atoms with Gasteiger partial charge in [-0.15, -0.1) is 0 Å². The summed E-state index contributed by atoms with van der Waals surface area (Å²) in [6.07, 6.45) is 8.11. The molecular weight excluding hydrogens is 397 g/mol. The summed E-state index contributed by atoms with van der Waals surface area (Å²) in [5.74, 6) is -0.864. The Kier molecular flexibility index (Phi) is 5.70. The SMILES string of the molecule is O=C1CN(c2c(O)cc(CC3CCCN(CC4CCCC4)C3)cc2F)S(=O)(=O)N1. The highest BCUT2D eigenvalue weighted by Crippen LogP contribution is 2.36. The van der Waals surface area contributed by atoms with E-state index in [1.54, 1.807) is 4.72 Å². The van der Waals surface area contributed by atoms with Gasteiger partial charge in [0, 0.05) is 13.1 Å². The molecule has 1 atom stereocenters. The number of hydrogen-bond donors (Lipinski definition) is 2. The predicted octanol–water partition coefficient (Wildman–Crippen LogP) is 2.16. The number of benzene rings is 1. The number of piperidine rings is 1. The molecule has 160 valence electrons. The van der Waals surface area contributed by atoms with E-state index in [0.29, 0.717) is 22.2 Å². The summed E-state index contributed by atoms with van der Waals surface area (Å²) in [5.41, 5.74) is 0.172. The summed E-state index contributed by atoms with van der Waals surface area (Å²) in [6, 6.07) is 2.70. The van der Waals surface area contributed by atoms with Crippen molar-refractivity contribution in [3.8, 4) is 5.75 Å². The Morgan fingerprint density at radius 2 is 1.86 bits per heavy atom. The van der Waals surface area contributed by atoms with Crippen LogP contribution < -0.4 is 9.03 Å². The van der Waals surface area contributed by atoms with Crippen molar-refractivity contribution in [1.82, 2.24) is 9.62 Å². The number of hydrogen-bond acceptors (Lipinski definition) is 5. The van der Waals surface area contributed by atoms with E-state index in [2.05, 4.69) is 4.90 Å². The molecule has 29 heavy (non-hydrogen) atoms. The Labute approximate surface area is 171 Å². The zero-order chi connectivity index (χ0) is 20.6. The smallest absolute Gasteiger partial charge is 0.326 e. The summed E-state index contributed by atoms with van der Waals surface area (Å²) >= 11 is 0. The van der Waals surface area contributed by atoms with Crippen molar-refractivity contribution >= 4 is 21.8 Å². The molecule has 1 amide bonds. The van der Waals surface area contributed by atoms with Gasteiger partial charge in [-0.3, -0.25) is 4.79 Å². The minimum atomic E-state index is -4.17. The maximum Gasteiger partial charge on any atom is 0.326 e. The molecule has 1 unspecified atom stereocenters. The monoisotopic (exact) mass is 425 g/mol. The number of likely N-dealkylation sites (tertiary alicyclic amines) is 1. The Morgan fingerprint density at radius 3 is 2.52 bits per heavy atom. The van der Waals surface area contributed by atoms with E-state index in [4.69, 9.17) is 0 Å². The average Bonchev–Trinajstić information content (AvgIpc) is 3.22. The molecule has 0 radical (unpaired) electrons. The third-order valence-corrected chi connectivity index (χ3v) is 7.67. The molecule has 2 aliphatic heterocycles. The highest BCUT2D eigenvalue weighted by Gasteiger charge is 2.37. The predicted molar refractivity (Wildman–Crippen MR) is 107 cm³/mol. The fraction of sp³-hybridized carbons (Fsp3) is 0.650. The third-order valence-electron chi connectivity index (χ3n) is 6.29. The van der Waals surface area contributed by atoms with Crippen LogP contribution in [0.5, 0.6) is 5.75 Å². The van der Waals surface area contributed by atoms with Gasteiger partial charge in [0.2, 0.25) is 0 Å². The molecule has 7 nitrogen and oxygen atoms in total. The molecule has 4 rings (SSSR count). The van der Waals surface area contributed by atoms with Crippen LogP contribution >= 0.6 is 0 Å². The van der Waals surface area contributed by atoms with Crippen LogP contribution in [-0.2, 0) is 21.4 Å². The first kappa shape index (κ1) is 20.4. The van der Waals surface area contributed by atoms with Crippen molar-refractivity contribution in [2.75, 3.05) is 30.5 Å². The van der Waals surface area contributed by atoms with Crippen LogP contribution in [0.25, 0.3) is 0 Å². The first-order chi connectivity index (χ1) is 13.8. The zero-order valence-electron chi connectivity index (χ0n) is 16.4. The van der Waals surface area contributed by atoms with Gasteiger partial charge in [0.1, 0.15) is 18.0 Å². The average molecular weight is 426 g/mol. The number of nitrogens with zero attached hydrogens (tertiary/aromatic N) is 2. The minimum Gasteiger partial charge on any atom is -0.506 e. The van der Waals surface area contributed by atoms with Gasteiger partial charge in [0.15, 0.2) is 5.82 Å². The molecule has 1 aliphatic carbocycles. The van der Waals surface area contributed by atoms with Crippen molar-refractivity contribution in [3.63, 3.8) is 0 Å². The second-order valence-corrected chi connectivity index (χ2v) is 10.2. The van der Waals surface area contributed by atoms with E-state index in [1.165, 1.54) is 37.8 Å². The first-order valence-corrected chi connectivity index (χ1v) is 11.8. The first-order valence-electron chi connectivity index (χ1n) is 10.4. The van der Waals surface area contributed by atoms with Crippen molar-refractivity contribution in [2.45, 2.75) is 44.9 Å². The molecule has 3 fully saturated rings. The van der Waals surface area contributed by atoms with Gasteiger partial charge in [-0.25, -0.2) is 13.4 Å². The van der Waals surface area contributed by atoms with Crippen LogP contribution in [0, 0.1) is 17.7 Å². The molecule has 1 aromatic carbocycles. The van der Waals surface area contributed by atoms with Gasteiger partial charge >= 0.3 is 10.2 Å². The Bertz CT molecular complexity index is 863. The fourth-order valence-electron chi connectivity index (χ4n) is 5.02. The number of anilines is 1. The van der Waals surface area contributed by atoms with E-state index in [-0.39, 0.29) is 0 Å². The molecule has 1 saturated carbocycles. The number of halogens is 1. The Morgan fingerprint density at radius 1 is 1.14 bits per heavy atom. The number of carbonyl (C=O) groups excluding carboxylic acids is 1. The maximum absolute atomic E-state index is 14.7. The van der Waals surface area contributed by atoms with E-state index in [9.17, 15) is 22.7 Å².